The second-order valence-corrected chi connectivity index (χ2v) is 16.5. The van der Waals surface area contributed by atoms with E-state index in [4.69, 9.17) is 24.4 Å². The van der Waals surface area contributed by atoms with Crippen molar-refractivity contribution >= 4 is 68.4 Å². The molecule has 0 atom stereocenters. The van der Waals surface area contributed by atoms with Gasteiger partial charge in [0.25, 0.3) is 11.8 Å². The number of allylic oxidation sites excluding steroid dienone is 12. The molecule has 0 aromatic carbocycles. The van der Waals surface area contributed by atoms with Gasteiger partial charge in [0.2, 0.25) is 0 Å². The number of hydrogen-bond acceptors (Lipinski definition) is 6. The number of carbonyl (C=O) groups is 2. The fourth-order valence-corrected chi connectivity index (χ4v) is 9.57. The Morgan fingerprint density at radius 1 is 0.674 bits per heavy atom. The van der Waals surface area contributed by atoms with Crippen molar-refractivity contribution in [3.05, 3.63) is 78.7 Å². The first-order valence-electron chi connectivity index (χ1n) is 17.3. The minimum absolute atomic E-state index is 0.0532. The number of hydrogen-bond donors (Lipinski definition) is 0. The molecule has 2 fully saturated rings. The van der Waals surface area contributed by atoms with E-state index >= 15 is 0 Å². The van der Waals surface area contributed by atoms with Crippen LogP contribution in [0.25, 0.3) is 0 Å². The van der Waals surface area contributed by atoms with Crippen molar-refractivity contribution in [3.63, 3.8) is 0 Å². The Kier molecular flexibility index (Phi) is 12.6. The third kappa shape index (κ3) is 7.99. The van der Waals surface area contributed by atoms with E-state index in [2.05, 4.69) is 52.0 Å². The second-order valence-electron chi connectivity index (χ2n) is 13.2. The van der Waals surface area contributed by atoms with Gasteiger partial charge in [-0.25, -0.2) is 0 Å². The maximum Gasteiger partial charge on any atom is 0.266 e. The van der Waals surface area contributed by atoms with Crippen LogP contribution in [0.4, 0.5) is 0 Å². The molecule has 2 saturated heterocycles. The Bertz CT molecular complexity index is 1410. The van der Waals surface area contributed by atoms with E-state index < -0.39 is 0 Å². The molecule has 0 aromatic rings. The van der Waals surface area contributed by atoms with Gasteiger partial charge in [0, 0.05) is 13.1 Å². The predicted molar refractivity (Wildman–Crippen MR) is 205 cm³/mol. The van der Waals surface area contributed by atoms with Crippen LogP contribution >= 0.6 is 48.0 Å². The van der Waals surface area contributed by atoms with Crippen LogP contribution in [0.5, 0.6) is 0 Å². The van der Waals surface area contributed by atoms with Gasteiger partial charge in [-0.1, -0.05) is 144 Å². The van der Waals surface area contributed by atoms with Gasteiger partial charge in [0.05, 0.1) is 9.81 Å². The molecule has 0 spiro atoms. The molecule has 0 saturated carbocycles. The fourth-order valence-electron chi connectivity index (χ4n) is 6.92. The Morgan fingerprint density at radius 2 is 1.07 bits per heavy atom. The summed E-state index contributed by atoms with van der Waals surface area (Å²) in [7, 11) is 0. The zero-order valence-electron chi connectivity index (χ0n) is 28.0. The lowest BCUT2D eigenvalue weighted by atomic mass is 9.97. The molecular weight excluding hydrogens is 645 g/mol. The Labute approximate surface area is 295 Å². The number of unbranched alkanes of at least 4 members (excludes halogenated alkanes) is 10. The Morgan fingerprint density at radius 3 is 1.46 bits per heavy atom. The number of thioether (sulfide) groups is 2. The van der Waals surface area contributed by atoms with E-state index in [0.29, 0.717) is 21.7 Å². The van der Waals surface area contributed by atoms with Crippen molar-refractivity contribution in [3.8, 4) is 0 Å². The molecular formula is C38H48N2O2S4. The van der Waals surface area contributed by atoms with Gasteiger partial charge in [-0.2, -0.15) is 0 Å². The standard InChI is InChI=1S/C38H48N2O2S4/c1-5-7-9-11-13-15-17-39-35(41)32(45-37(39)43)23-26-19-28-29-20-27(22-31(29)34(25(3)4)30(28)21-26)24-33-36(42)40(38(44)46-33)18-16-14-12-10-8-6-2/h21-24H,5-20H2,1-4H3/b32-23+,33-24+. The summed E-state index contributed by atoms with van der Waals surface area (Å²) in [6, 6.07) is 0. The first-order valence-corrected chi connectivity index (χ1v) is 19.7. The summed E-state index contributed by atoms with van der Waals surface area (Å²) in [5.41, 5.74) is 10.2. The van der Waals surface area contributed by atoms with Crippen molar-refractivity contribution < 1.29 is 9.59 Å². The number of rotatable bonds is 16. The summed E-state index contributed by atoms with van der Waals surface area (Å²) < 4.78 is 1.36. The molecule has 2 amide bonds. The van der Waals surface area contributed by atoms with Crippen LogP contribution in [0, 0.1) is 0 Å². The topological polar surface area (TPSA) is 40.6 Å². The fraction of sp³-hybridized carbons (Fsp3) is 0.526. The van der Waals surface area contributed by atoms with Gasteiger partial charge in [-0.05, 0) is 90.7 Å². The number of fused-ring (bicyclic) bond motifs is 1. The molecule has 246 valence electrons. The lowest BCUT2D eigenvalue weighted by Gasteiger charge is -2.14. The molecule has 5 rings (SSSR count). The molecule has 0 unspecified atom stereocenters. The number of thiocarbonyl (C=S) groups is 2. The van der Waals surface area contributed by atoms with Crippen LogP contribution < -0.4 is 0 Å². The molecule has 5 aliphatic rings. The molecule has 2 heterocycles. The van der Waals surface area contributed by atoms with E-state index in [1.54, 1.807) is 9.80 Å². The zero-order chi connectivity index (χ0) is 32.8. The van der Waals surface area contributed by atoms with E-state index in [1.165, 1.54) is 119 Å². The third-order valence-electron chi connectivity index (χ3n) is 9.33. The van der Waals surface area contributed by atoms with Gasteiger partial charge in [-0.3, -0.25) is 19.4 Å². The summed E-state index contributed by atoms with van der Waals surface area (Å²) in [5.74, 6) is 0.106. The van der Waals surface area contributed by atoms with Crippen molar-refractivity contribution in [2.75, 3.05) is 13.1 Å². The molecule has 0 radical (unpaired) electrons. The first-order chi connectivity index (χ1) is 22.2. The first kappa shape index (κ1) is 35.3. The van der Waals surface area contributed by atoms with Crippen LogP contribution in [0.2, 0.25) is 0 Å². The van der Waals surface area contributed by atoms with Crippen LogP contribution in [-0.2, 0) is 9.59 Å². The molecule has 8 heteroatoms. The van der Waals surface area contributed by atoms with Gasteiger partial charge in [0.15, 0.2) is 0 Å². The average Bonchev–Trinajstić information content (AvgIpc) is 3.79. The van der Waals surface area contributed by atoms with Crippen LogP contribution in [0.3, 0.4) is 0 Å². The van der Waals surface area contributed by atoms with Crippen molar-refractivity contribution in [1.82, 2.24) is 9.80 Å². The predicted octanol–water partition coefficient (Wildman–Crippen LogP) is 10.8. The van der Waals surface area contributed by atoms with Gasteiger partial charge >= 0.3 is 0 Å². The monoisotopic (exact) mass is 692 g/mol. The SMILES string of the molecule is CCCCCCCCN1C(=O)/C(=C\C2=CC3=C(C2)C2=C(C=C(/C=C4/SC(=S)N(CCCCCCCC)C4=O)C2)C3=C(C)C)SC1=S. The van der Waals surface area contributed by atoms with E-state index in [-0.39, 0.29) is 11.8 Å². The van der Waals surface area contributed by atoms with Gasteiger partial charge in [0.1, 0.15) is 8.64 Å². The van der Waals surface area contributed by atoms with Crippen molar-refractivity contribution in [2.24, 2.45) is 0 Å². The highest BCUT2D eigenvalue weighted by Crippen LogP contribution is 2.52. The highest BCUT2D eigenvalue weighted by Gasteiger charge is 2.37. The van der Waals surface area contributed by atoms with Crippen LogP contribution in [-0.4, -0.2) is 43.3 Å². The molecule has 0 aromatic heterocycles. The number of carbonyl (C=O) groups excluding carboxylic acids is 2. The van der Waals surface area contributed by atoms with E-state index in [9.17, 15) is 9.59 Å². The summed E-state index contributed by atoms with van der Waals surface area (Å²) in [4.78, 5) is 31.7. The normalized spacial score (nSPS) is 21.3. The number of amides is 2. The quantitative estimate of drug-likeness (QED) is 0.0911. The number of nitrogens with zero attached hydrogens (tertiary/aromatic N) is 2. The van der Waals surface area contributed by atoms with Crippen LogP contribution in [0.1, 0.15) is 118 Å². The molecule has 2 aliphatic heterocycles. The lowest BCUT2D eigenvalue weighted by molar-refractivity contribution is -0.123. The summed E-state index contributed by atoms with van der Waals surface area (Å²) >= 11 is 14.1. The minimum atomic E-state index is 0.0532. The minimum Gasteiger partial charge on any atom is -0.293 e. The molecule has 46 heavy (non-hydrogen) atoms. The van der Waals surface area contributed by atoms with Gasteiger partial charge in [-0.15, -0.1) is 0 Å². The second kappa shape index (κ2) is 16.4. The smallest absolute Gasteiger partial charge is 0.266 e. The van der Waals surface area contributed by atoms with Gasteiger partial charge < -0.3 is 0 Å². The third-order valence-corrected chi connectivity index (χ3v) is 12.1. The van der Waals surface area contributed by atoms with Crippen LogP contribution in [0.15, 0.2) is 78.7 Å². The average molecular weight is 693 g/mol. The van der Waals surface area contributed by atoms with Crippen molar-refractivity contribution in [2.45, 2.75) is 118 Å². The molecule has 0 bridgehead atoms. The summed E-state index contributed by atoms with van der Waals surface area (Å²) in [5, 5.41) is 0. The summed E-state index contributed by atoms with van der Waals surface area (Å²) in [6.45, 7) is 10.2. The Hall–Kier alpha value is -2.00. The highest BCUT2D eigenvalue weighted by molar-refractivity contribution is 8.27. The zero-order valence-corrected chi connectivity index (χ0v) is 31.2. The molecule has 0 N–H and O–H groups in total. The highest BCUT2D eigenvalue weighted by atomic mass is 32.2. The maximum absolute atomic E-state index is 13.3. The van der Waals surface area contributed by atoms with Crippen molar-refractivity contribution in [1.29, 1.82) is 0 Å². The largest absolute Gasteiger partial charge is 0.293 e. The molecule has 3 aliphatic carbocycles. The summed E-state index contributed by atoms with van der Waals surface area (Å²) in [6.07, 6.45) is 24.6. The Balaban J connectivity index is 1.20. The maximum atomic E-state index is 13.3. The van der Waals surface area contributed by atoms with E-state index in [1.807, 2.05) is 0 Å². The molecule has 4 nitrogen and oxygen atoms in total. The lowest BCUT2D eigenvalue weighted by Crippen LogP contribution is -2.29. The van der Waals surface area contributed by atoms with E-state index in [0.717, 1.165) is 48.3 Å².